The largest absolute Gasteiger partial charge is 0.490 e. The summed E-state index contributed by atoms with van der Waals surface area (Å²) in [5, 5.41) is 8.89. The first-order valence-corrected chi connectivity index (χ1v) is 9.55. The number of ether oxygens (including phenoxy) is 2. The van der Waals surface area contributed by atoms with Gasteiger partial charge in [0.1, 0.15) is 10.9 Å². The Morgan fingerprint density at radius 2 is 2.08 bits per heavy atom. The van der Waals surface area contributed by atoms with Crippen molar-refractivity contribution in [3.05, 3.63) is 28.7 Å². The van der Waals surface area contributed by atoms with Crippen molar-refractivity contribution < 1.29 is 24.2 Å². The van der Waals surface area contributed by atoms with Gasteiger partial charge in [0.05, 0.1) is 18.1 Å². The van der Waals surface area contributed by atoms with Gasteiger partial charge in [0, 0.05) is 0 Å². The van der Waals surface area contributed by atoms with Gasteiger partial charge in [0.25, 0.3) is 5.91 Å². The summed E-state index contributed by atoms with van der Waals surface area (Å²) < 4.78 is 11.6. The number of amides is 1. The molecule has 0 bridgehead atoms. The lowest BCUT2D eigenvalue weighted by molar-refractivity contribution is -0.140. The Hall–Kier alpha value is -2.06. The maximum Gasteiger partial charge on any atom is 0.323 e. The van der Waals surface area contributed by atoms with Crippen LogP contribution in [0.15, 0.2) is 23.1 Å². The van der Waals surface area contributed by atoms with Crippen LogP contribution in [0.1, 0.15) is 32.3 Å². The number of carbonyl (C=O) groups is 2. The second-order valence-corrected chi connectivity index (χ2v) is 7.18. The maximum absolute atomic E-state index is 12.3. The predicted molar refractivity (Wildman–Crippen MR) is 106 cm³/mol. The van der Waals surface area contributed by atoms with Gasteiger partial charge in [-0.2, -0.15) is 0 Å². The second-order valence-electron chi connectivity index (χ2n) is 5.50. The Kier molecular flexibility index (Phi) is 7.47. The SMILES string of the molecule is CCCCOc1ccc(/C=C2\SC(=S)N(CC(=O)O)C2=O)cc1OCC. The van der Waals surface area contributed by atoms with Crippen molar-refractivity contribution in [2.45, 2.75) is 26.7 Å². The van der Waals surface area contributed by atoms with Crippen LogP contribution in [0.2, 0.25) is 0 Å². The molecule has 140 valence electrons. The van der Waals surface area contributed by atoms with E-state index in [2.05, 4.69) is 6.92 Å². The fourth-order valence-corrected chi connectivity index (χ4v) is 3.51. The van der Waals surface area contributed by atoms with Gasteiger partial charge < -0.3 is 14.6 Å². The van der Waals surface area contributed by atoms with Gasteiger partial charge >= 0.3 is 5.97 Å². The number of thioether (sulfide) groups is 1. The molecule has 1 aromatic rings. The van der Waals surface area contributed by atoms with Crippen LogP contribution in [-0.2, 0) is 9.59 Å². The standard InChI is InChI=1S/C18H21NO5S2/c1-3-5-8-24-13-7-6-12(9-14(13)23-4-2)10-15-17(22)19(11-16(20)21)18(25)26-15/h6-7,9-10H,3-5,8,11H2,1-2H3,(H,20,21)/b15-10-. The smallest absolute Gasteiger partial charge is 0.323 e. The van der Waals surface area contributed by atoms with E-state index in [0.29, 0.717) is 29.6 Å². The fourth-order valence-electron chi connectivity index (χ4n) is 2.25. The van der Waals surface area contributed by atoms with E-state index in [1.165, 1.54) is 0 Å². The topological polar surface area (TPSA) is 76.1 Å². The van der Waals surface area contributed by atoms with E-state index in [1.807, 2.05) is 19.1 Å². The molecular weight excluding hydrogens is 374 g/mol. The molecule has 1 aliphatic heterocycles. The third-order valence-corrected chi connectivity index (χ3v) is 4.87. The minimum Gasteiger partial charge on any atom is -0.490 e. The summed E-state index contributed by atoms with van der Waals surface area (Å²) in [5.41, 5.74) is 0.757. The minimum atomic E-state index is -1.10. The van der Waals surface area contributed by atoms with E-state index < -0.39 is 18.4 Å². The lowest BCUT2D eigenvalue weighted by atomic mass is 10.2. The first-order valence-electron chi connectivity index (χ1n) is 8.33. The number of benzene rings is 1. The number of nitrogens with zero attached hydrogens (tertiary/aromatic N) is 1. The molecule has 1 aromatic carbocycles. The maximum atomic E-state index is 12.3. The van der Waals surface area contributed by atoms with Crippen molar-refractivity contribution in [3.8, 4) is 11.5 Å². The van der Waals surface area contributed by atoms with E-state index in [9.17, 15) is 9.59 Å². The van der Waals surface area contributed by atoms with E-state index >= 15 is 0 Å². The summed E-state index contributed by atoms with van der Waals surface area (Å²) in [7, 11) is 0. The van der Waals surface area contributed by atoms with Gasteiger partial charge in [-0.3, -0.25) is 14.5 Å². The van der Waals surface area contributed by atoms with E-state index in [4.69, 9.17) is 26.8 Å². The lowest BCUT2D eigenvalue weighted by Crippen LogP contribution is -2.33. The molecule has 8 heteroatoms. The number of aliphatic carboxylic acids is 1. The summed E-state index contributed by atoms with van der Waals surface area (Å²) in [6.07, 6.45) is 3.68. The van der Waals surface area contributed by atoms with Gasteiger partial charge in [-0.25, -0.2) is 0 Å². The summed E-state index contributed by atoms with van der Waals surface area (Å²) in [6, 6.07) is 5.44. The number of thiocarbonyl (C=S) groups is 1. The van der Waals surface area contributed by atoms with Crippen molar-refractivity contribution in [2.75, 3.05) is 19.8 Å². The Morgan fingerprint density at radius 1 is 1.31 bits per heavy atom. The van der Waals surface area contributed by atoms with Crippen LogP contribution in [0, 0.1) is 0 Å². The first kappa shape index (κ1) is 20.3. The second kappa shape index (κ2) is 9.59. The quantitative estimate of drug-likeness (QED) is 0.389. The van der Waals surface area contributed by atoms with Crippen molar-refractivity contribution in [1.82, 2.24) is 4.90 Å². The number of carboxylic acid groups (broad SMARTS) is 1. The van der Waals surface area contributed by atoms with Crippen molar-refractivity contribution >= 4 is 46.3 Å². The molecule has 26 heavy (non-hydrogen) atoms. The molecule has 0 unspecified atom stereocenters. The van der Waals surface area contributed by atoms with Crippen molar-refractivity contribution in [3.63, 3.8) is 0 Å². The number of unbranched alkanes of at least 4 members (excludes halogenated alkanes) is 1. The molecule has 0 aromatic heterocycles. The zero-order valence-electron chi connectivity index (χ0n) is 14.7. The molecule has 1 heterocycles. The molecule has 0 radical (unpaired) electrons. The third kappa shape index (κ3) is 5.22. The van der Waals surface area contributed by atoms with E-state index in [0.717, 1.165) is 35.1 Å². The van der Waals surface area contributed by atoms with Crippen LogP contribution in [0.4, 0.5) is 0 Å². The average molecular weight is 396 g/mol. The average Bonchev–Trinajstić information content (AvgIpc) is 2.84. The molecule has 0 aliphatic carbocycles. The van der Waals surface area contributed by atoms with Gasteiger partial charge in [-0.1, -0.05) is 43.4 Å². The van der Waals surface area contributed by atoms with Gasteiger partial charge in [0.15, 0.2) is 11.5 Å². The number of hydrogen-bond donors (Lipinski definition) is 1. The van der Waals surface area contributed by atoms with E-state index in [-0.39, 0.29) is 4.32 Å². The first-order chi connectivity index (χ1) is 12.5. The van der Waals surface area contributed by atoms with Crippen LogP contribution in [0.3, 0.4) is 0 Å². The van der Waals surface area contributed by atoms with Crippen molar-refractivity contribution in [1.29, 1.82) is 0 Å². The molecule has 1 amide bonds. The normalized spacial score (nSPS) is 15.6. The Balaban J connectivity index is 2.21. The van der Waals surface area contributed by atoms with Crippen LogP contribution in [-0.4, -0.2) is 46.0 Å². The van der Waals surface area contributed by atoms with Crippen LogP contribution in [0.5, 0.6) is 11.5 Å². The molecule has 1 saturated heterocycles. The Labute approximate surface area is 162 Å². The summed E-state index contributed by atoms with van der Waals surface area (Å²) in [6.45, 7) is 4.66. The highest BCUT2D eigenvalue weighted by molar-refractivity contribution is 8.26. The predicted octanol–water partition coefficient (Wildman–Crippen LogP) is 3.55. The van der Waals surface area contributed by atoms with Crippen molar-refractivity contribution in [2.24, 2.45) is 0 Å². The fraction of sp³-hybridized carbons (Fsp3) is 0.389. The van der Waals surface area contributed by atoms with Crippen LogP contribution < -0.4 is 9.47 Å². The Bertz CT molecular complexity index is 732. The lowest BCUT2D eigenvalue weighted by Gasteiger charge is -2.12. The molecule has 0 saturated carbocycles. The molecule has 1 N–H and O–H groups in total. The molecule has 6 nitrogen and oxygen atoms in total. The number of carbonyl (C=O) groups excluding carboxylic acids is 1. The number of rotatable bonds is 9. The molecule has 0 atom stereocenters. The van der Waals surface area contributed by atoms with Crippen LogP contribution >= 0.6 is 24.0 Å². The highest BCUT2D eigenvalue weighted by Crippen LogP contribution is 2.34. The summed E-state index contributed by atoms with van der Waals surface area (Å²) in [5.74, 6) is -0.229. The molecule has 0 spiro atoms. The summed E-state index contributed by atoms with van der Waals surface area (Å²) >= 11 is 6.19. The summed E-state index contributed by atoms with van der Waals surface area (Å²) in [4.78, 5) is 24.7. The third-order valence-electron chi connectivity index (χ3n) is 3.49. The zero-order valence-corrected chi connectivity index (χ0v) is 16.3. The highest BCUT2D eigenvalue weighted by atomic mass is 32.2. The van der Waals surface area contributed by atoms with E-state index in [1.54, 1.807) is 12.1 Å². The molecular formula is C18H21NO5S2. The van der Waals surface area contributed by atoms with Gasteiger partial charge in [0.2, 0.25) is 0 Å². The van der Waals surface area contributed by atoms with Crippen LogP contribution in [0.25, 0.3) is 6.08 Å². The van der Waals surface area contributed by atoms with Gasteiger partial charge in [-0.15, -0.1) is 0 Å². The number of carboxylic acids is 1. The highest BCUT2D eigenvalue weighted by Gasteiger charge is 2.33. The number of hydrogen-bond acceptors (Lipinski definition) is 6. The molecule has 2 rings (SSSR count). The minimum absolute atomic E-state index is 0.244. The molecule has 1 aliphatic rings. The van der Waals surface area contributed by atoms with Gasteiger partial charge in [-0.05, 0) is 37.1 Å². The monoisotopic (exact) mass is 395 g/mol. The Morgan fingerprint density at radius 3 is 2.73 bits per heavy atom. The molecule has 1 fully saturated rings. The zero-order chi connectivity index (χ0) is 19.1.